The highest BCUT2D eigenvalue weighted by Crippen LogP contribution is 2.32. The van der Waals surface area contributed by atoms with Gasteiger partial charge in [-0.25, -0.2) is 4.39 Å². The van der Waals surface area contributed by atoms with Gasteiger partial charge in [0.1, 0.15) is 5.82 Å². The van der Waals surface area contributed by atoms with Gasteiger partial charge in [0.25, 0.3) is 0 Å². The normalized spacial score (nSPS) is 11.4. The van der Waals surface area contributed by atoms with Crippen LogP contribution in [0.4, 0.5) is 23.2 Å². The van der Waals surface area contributed by atoms with Crippen LogP contribution in [0.2, 0.25) is 0 Å². The molecule has 0 fully saturated rings. The minimum Gasteiger partial charge on any atom is -0.380 e. The molecule has 0 heterocycles. The zero-order valence-electron chi connectivity index (χ0n) is 11.0. The fourth-order valence-electron chi connectivity index (χ4n) is 1.70. The number of alkyl halides is 3. The molecule has 0 amide bonds. The summed E-state index contributed by atoms with van der Waals surface area (Å²) >= 11 is 0.744. The van der Waals surface area contributed by atoms with Crippen LogP contribution in [0.25, 0.3) is 0 Å². The second-order valence-electron chi connectivity index (χ2n) is 4.38. The molecular weight excluding hydrogens is 302 g/mol. The molecule has 0 atom stereocenters. The van der Waals surface area contributed by atoms with E-state index in [2.05, 4.69) is 5.32 Å². The largest absolute Gasteiger partial charge is 0.398 e. The number of para-hydroxylation sites is 1. The molecule has 0 radical (unpaired) electrons. The minimum absolute atomic E-state index is 0.320. The van der Waals surface area contributed by atoms with E-state index in [1.54, 1.807) is 36.4 Å². The van der Waals surface area contributed by atoms with E-state index in [4.69, 9.17) is 0 Å². The number of thioether (sulfide) groups is 1. The second kappa shape index (κ2) is 6.85. The van der Waals surface area contributed by atoms with Crippen LogP contribution in [0.15, 0.2) is 53.4 Å². The molecule has 1 N–H and O–H groups in total. The molecule has 112 valence electrons. The highest BCUT2D eigenvalue weighted by molar-refractivity contribution is 7.99. The number of nitrogens with one attached hydrogen (secondary N) is 1. The van der Waals surface area contributed by atoms with Crippen LogP contribution in [-0.4, -0.2) is 11.9 Å². The number of hydrogen-bond donors (Lipinski definition) is 1. The lowest BCUT2D eigenvalue weighted by atomic mass is 10.2. The van der Waals surface area contributed by atoms with Gasteiger partial charge in [0, 0.05) is 17.1 Å². The Morgan fingerprint density at radius 1 is 0.952 bits per heavy atom. The van der Waals surface area contributed by atoms with Gasteiger partial charge in [0.05, 0.1) is 5.75 Å². The summed E-state index contributed by atoms with van der Waals surface area (Å²) in [7, 11) is 0. The van der Waals surface area contributed by atoms with E-state index in [0.717, 1.165) is 17.3 Å². The maximum Gasteiger partial charge on any atom is 0.398 e. The molecule has 2 rings (SSSR count). The molecule has 0 saturated carbocycles. The molecule has 0 aliphatic carbocycles. The molecule has 6 heteroatoms. The first-order valence-electron chi connectivity index (χ1n) is 6.21. The predicted molar refractivity (Wildman–Crippen MR) is 76.9 cm³/mol. The molecule has 21 heavy (non-hydrogen) atoms. The lowest BCUT2D eigenvalue weighted by molar-refractivity contribution is -0.105. The van der Waals surface area contributed by atoms with Gasteiger partial charge in [0.15, 0.2) is 0 Å². The van der Waals surface area contributed by atoms with Gasteiger partial charge in [-0.3, -0.25) is 0 Å². The molecule has 0 aliphatic rings. The molecular formula is C15H13F4NS. The van der Waals surface area contributed by atoms with E-state index in [1.165, 1.54) is 12.1 Å². The maximum absolute atomic E-state index is 12.8. The first kappa shape index (κ1) is 15.7. The Morgan fingerprint density at radius 3 is 2.29 bits per heavy atom. The van der Waals surface area contributed by atoms with Gasteiger partial charge in [0.2, 0.25) is 0 Å². The summed E-state index contributed by atoms with van der Waals surface area (Å²) in [6.07, 6.45) is -4.20. The molecule has 0 aliphatic heterocycles. The summed E-state index contributed by atoms with van der Waals surface area (Å²) in [5.74, 6) is -1.25. The Bertz CT molecular complexity index is 581. The lowest BCUT2D eigenvalue weighted by Crippen LogP contribution is -2.11. The van der Waals surface area contributed by atoms with Crippen LogP contribution in [-0.2, 0) is 6.54 Å². The van der Waals surface area contributed by atoms with Crippen LogP contribution in [0.1, 0.15) is 5.56 Å². The van der Waals surface area contributed by atoms with Crippen molar-refractivity contribution in [2.75, 3.05) is 11.1 Å². The van der Waals surface area contributed by atoms with Gasteiger partial charge >= 0.3 is 6.18 Å². The SMILES string of the molecule is Fc1ccc(CNc2ccccc2SCC(F)(F)F)cc1. The van der Waals surface area contributed by atoms with Crippen molar-refractivity contribution in [2.45, 2.75) is 17.6 Å². The van der Waals surface area contributed by atoms with Gasteiger partial charge in [-0.15, -0.1) is 11.8 Å². The van der Waals surface area contributed by atoms with Crippen molar-refractivity contribution in [1.82, 2.24) is 0 Å². The maximum atomic E-state index is 12.8. The number of rotatable bonds is 5. The highest BCUT2D eigenvalue weighted by Gasteiger charge is 2.27. The third-order valence-electron chi connectivity index (χ3n) is 2.67. The topological polar surface area (TPSA) is 12.0 Å². The van der Waals surface area contributed by atoms with E-state index in [-0.39, 0.29) is 5.82 Å². The van der Waals surface area contributed by atoms with Crippen LogP contribution >= 0.6 is 11.8 Å². The van der Waals surface area contributed by atoms with Crippen molar-refractivity contribution >= 4 is 17.4 Å². The van der Waals surface area contributed by atoms with Crippen molar-refractivity contribution in [3.05, 3.63) is 59.9 Å². The predicted octanol–water partition coefficient (Wildman–Crippen LogP) is 5.09. The standard InChI is InChI=1S/C15H13F4NS/c16-12-7-5-11(6-8-12)9-20-13-3-1-2-4-14(13)21-10-15(17,18)19/h1-8,20H,9-10H2. The van der Waals surface area contributed by atoms with E-state index < -0.39 is 11.9 Å². The van der Waals surface area contributed by atoms with Crippen molar-refractivity contribution in [3.8, 4) is 0 Å². The molecule has 0 bridgehead atoms. The van der Waals surface area contributed by atoms with Gasteiger partial charge in [-0.1, -0.05) is 24.3 Å². The summed E-state index contributed by atoms with van der Waals surface area (Å²) in [5.41, 5.74) is 1.49. The summed E-state index contributed by atoms with van der Waals surface area (Å²) in [6.45, 7) is 0.421. The smallest absolute Gasteiger partial charge is 0.380 e. The fraction of sp³-hybridized carbons (Fsp3) is 0.200. The van der Waals surface area contributed by atoms with Crippen molar-refractivity contribution in [1.29, 1.82) is 0 Å². The Balaban J connectivity index is 2.01. The first-order valence-corrected chi connectivity index (χ1v) is 7.19. The third-order valence-corrected chi connectivity index (χ3v) is 3.81. The average molecular weight is 315 g/mol. The molecule has 0 unspecified atom stereocenters. The summed E-state index contributed by atoms with van der Waals surface area (Å²) in [4.78, 5) is 0.539. The quantitative estimate of drug-likeness (QED) is 0.609. The first-order chi connectivity index (χ1) is 9.94. The van der Waals surface area contributed by atoms with Crippen LogP contribution < -0.4 is 5.32 Å². The van der Waals surface area contributed by atoms with Gasteiger partial charge in [-0.2, -0.15) is 13.2 Å². The zero-order valence-corrected chi connectivity index (χ0v) is 11.8. The minimum atomic E-state index is -4.20. The van der Waals surface area contributed by atoms with E-state index in [0.29, 0.717) is 17.1 Å². The van der Waals surface area contributed by atoms with Gasteiger partial charge in [-0.05, 0) is 29.8 Å². The van der Waals surface area contributed by atoms with Crippen molar-refractivity contribution < 1.29 is 17.6 Å². The second-order valence-corrected chi connectivity index (χ2v) is 5.40. The Morgan fingerprint density at radius 2 is 1.62 bits per heavy atom. The monoisotopic (exact) mass is 315 g/mol. The third kappa shape index (κ3) is 5.30. The summed E-state index contributed by atoms with van der Waals surface area (Å²) < 4.78 is 49.7. The Labute approximate surface area is 124 Å². The number of benzene rings is 2. The number of anilines is 1. The molecule has 2 aromatic carbocycles. The molecule has 0 saturated heterocycles. The molecule has 0 aromatic heterocycles. The fourth-order valence-corrected chi connectivity index (χ4v) is 2.49. The number of halogens is 4. The van der Waals surface area contributed by atoms with Crippen LogP contribution in [0.5, 0.6) is 0 Å². The van der Waals surface area contributed by atoms with Crippen molar-refractivity contribution in [2.24, 2.45) is 0 Å². The lowest BCUT2D eigenvalue weighted by Gasteiger charge is -2.12. The average Bonchev–Trinajstić information content (AvgIpc) is 2.44. The van der Waals surface area contributed by atoms with E-state index >= 15 is 0 Å². The summed E-state index contributed by atoms with van der Waals surface area (Å²) in [6, 6.07) is 12.8. The summed E-state index contributed by atoms with van der Waals surface area (Å²) in [5, 5.41) is 3.07. The Hall–Kier alpha value is -1.69. The van der Waals surface area contributed by atoms with Gasteiger partial charge < -0.3 is 5.32 Å². The molecule has 2 aromatic rings. The van der Waals surface area contributed by atoms with Crippen LogP contribution in [0, 0.1) is 5.82 Å². The molecule has 0 spiro atoms. The zero-order chi connectivity index (χ0) is 15.3. The highest BCUT2D eigenvalue weighted by atomic mass is 32.2. The Kier molecular flexibility index (Phi) is 5.12. The van der Waals surface area contributed by atoms with E-state index in [9.17, 15) is 17.6 Å². The van der Waals surface area contributed by atoms with Crippen LogP contribution in [0.3, 0.4) is 0 Å². The molecule has 1 nitrogen and oxygen atoms in total. The van der Waals surface area contributed by atoms with Crippen molar-refractivity contribution in [3.63, 3.8) is 0 Å². The number of hydrogen-bond acceptors (Lipinski definition) is 2. The van der Waals surface area contributed by atoms with E-state index in [1.807, 2.05) is 0 Å².